The van der Waals surface area contributed by atoms with E-state index in [0.29, 0.717) is 32.0 Å². The van der Waals surface area contributed by atoms with Crippen LogP contribution in [-0.4, -0.2) is 23.6 Å². The highest BCUT2D eigenvalue weighted by molar-refractivity contribution is 7.99. The van der Waals surface area contributed by atoms with Gasteiger partial charge in [0.25, 0.3) is 0 Å². The molecule has 0 unspecified atom stereocenters. The maximum Gasteiger partial charge on any atom is 0.339 e. The first-order chi connectivity index (χ1) is 15.4. The lowest BCUT2D eigenvalue weighted by Crippen LogP contribution is -2.19. The van der Waals surface area contributed by atoms with Crippen molar-refractivity contribution < 1.29 is 14.3 Å². The summed E-state index contributed by atoms with van der Waals surface area (Å²) >= 11 is 7.05. The number of amides is 2. The number of nitrogens with zero attached hydrogens (tertiary/aromatic N) is 2. The number of aromatic nitrogens is 1. The third kappa shape index (κ3) is 5.78. The molecular formula is C23H19ClN4O3S. The quantitative estimate of drug-likeness (QED) is 0.439. The number of carbonyl (C=O) groups is 2. The number of benzene rings is 2. The molecule has 0 bridgehead atoms. The summed E-state index contributed by atoms with van der Waals surface area (Å²) in [5.41, 5.74) is 1.97. The summed E-state index contributed by atoms with van der Waals surface area (Å²) in [4.78, 5) is 29.9. The highest BCUT2D eigenvalue weighted by Crippen LogP contribution is 2.35. The van der Waals surface area contributed by atoms with Crippen molar-refractivity contribution in [3.63, 3.8) is 0 Å². The second-order valence-corrected chi connectivity index (χ2v) is 7.97. The monoisotopic (exact) mass is 466 g/mol. The van der Waals surface area contributed by atoms with Gasteiger partial charge in [0, 0.05) is 21.3 Å². The largest absolute Gasteiger partial charge is 0.462 e. The van der Waals surface area contributed by atoms with E-state index in [9.17, 15) is 14.9 Å². The van der Waals surface area contributed by atoms with Gasteiger partial charge in [0.15, 0.2) is 0 Å². The van der Waals surface area contributed by atoms with E-state index in [-0.39, 0.29) is 17.7 Å². The molecule has 0 radical (unpaired) electrons. The van der Waals surface area contributed by atoms with Crippen molar-refractivity contribution in [3.05, 3.63) is 76.4 Å². The summed E-state index contributed by atoms with van der Waals surface area (Å²) in [6.45, 7) is 3.63. The first-order valence-corrected chi connectivity index (χ1v) is 10.8. The summed E-state index contributed by atoms with van der Waals surface area (Å²) in [6, 6.07) is 17.0. The van der Waals surface area contributed by atoms with Crippen molar-refractivity contribution in [2.24, 2.45) is 0 Å². The summed E-state index contributed by atoms with van der Waals surface area (Å²) in [7, 11) is 0. The van der Waals surface area contributed by atoms with Gasteiger partial charge in [0.2, 0.25) is 0 Å². The third-order valence-electron chi connectivity index (χ3n) is 4.17. The molecular weight excluding hydrogens is 448 g/mol. The Bertz CT molecular complexity index is 1190. The van der Waals surface area contributed by atoms with Crippen molar-refractivity contribution >= 4 is 46.7 Å². The Morgan fingerprint density at radius 3 is 2.56 bits per heavy atom. The van der Waals surface area contributed by atoms with E-state index in [1.54, 1.807) is 62.4 Å². The van der Waals surface area contributed by atoms with Crippen LogP contribution in [0.15, 0.2) is 64.5 Å². The number of nitriles is 1. The first-order valence-electron chi connectivity index (χ1n) is 9.60. The first kappa shape index (κ1) is 23.1. The summed E-state index contributed by atoms with van der Waals surface area (Å²) in [5, 5.41) is 16.1. The molecule has 0 aliphatic heterocycles. The minimum absolute atomic E-state index is 0.125. The molecule has 1 heterocycles. The fourth-order valence-electron chi connectivity index (χ4n) is 2.78. The van der Waals surface area contributed by atoms with Crippen LogP contribution in [0.4, 0.5) is 16.2 Å². The van der Waals surface area contributed by atoms with Crippen molar-refractivity contribution in [1.82, 2.24) is 4.98 Å². The van der Waals surface area contributed by atoms with Gasteiger partial charge in [-0.15, -0.1) is 0 Å². The van der Waals surface area contributed by atoms with E-state index >= 15 is 0 Å². The number of ether oxygens (including phenoxy) is 1. The summed E-state index contributed by atoms with van der Waals surface area (Å²) in [5.74, 6) is -0.579. The van der Waals surface area contributed by atoms with Gasteiger partial charge in [-0.3, -0.25) is 0 Å². The molecule has 3 aromatic rings. The topological polar surface area (TPSA) is 104 Å². The molecule has 0 aliphatic rings. The maximum absolute atomic E-state index is 12.5. The minimum atomic E-state index is -0.579. The van der Waals surface area contributed by atoms with Crippen LogP contribution in [0.5, 0.6) is 0 Å². The molecule has 0 saturated carbocycles. The molecule has 1 aromatic heterocycles. The van der Waals surface area contributed by atoms with Gasteiger partial charge in [-0.05, 0) is 56.3 Å². The van der Waals surface area contributed by atoms with Crippen molar-refractivity contribution in [3.8, 4) is 6.07 Å². The lowest BCUT2D eigenvalue weighted by molar-refractivity contribution is 0.0525. The average molecular weight is 467 g/mol. The van der Waals surface area contributed by atoms with Gasteiger partial charge in [0.05, 0.1) is 23.4 Å². The molecule has 2 aromatic carbocycles. The van der Waals surface area contributed by atoms with Gasteiger partial charge in [-0.2, -0.15) is 5.26 Å². The number of rotatable bonds is 6. The van der Waals surface area contributed by atoms with E-state index in [1.807, 2.05) is 0 Å². The predicted molar refractivity (Wildman–Crippen MR) is 124 cm³/mol. The number of anilines is 2. The number of pyridine rings is 1. The normalized spacial score (nSPS) is 10.2. The zero-order chi connectivity index (χ0) is 23.1. The molecule has 0 spiro atoms. The number of nitrogens with one attached hydrogen (secondary N) is 2. The molecule has 0 saturated heterocycles. The second kappa shape index (κ2) is 10.7. The number of halogens is 1. The van der Waals surface area contributed by atoms with Crippen molar-refractivity contribution in [2.75, 3.05) is 17.2 Å². The molecule has 0 atom stereocenters. The lowest BCUT2D eigenvalue weighted by Gasteiger charge is -2.13. The van der Waals surface area contributed by atoms with Crippen LogP contribution in [0.1, 0.15) is 28.5 Å². The van der Waals surface area contributed by atoms with Crippen LogP contribution in [0.2, 0.25) is 5.02 Å². The lowest BCUT2D eigenvalue weighted by atomic mass is 10.1. The van der Waals surface area contributed by atoms with Gasteiger partial charge >= 0.3 is 12.0 Å². The fourth-order valence-corrected chi connectivity index (χ4v) is 3.93. The Morgan fingerprint density at radius 1 is 1.16 bits per heavy atom. The van der Waals surface area contributed by atoms with Crippen LogP contribution in [0.25, 0.3) is 0 Å². The molecule has 162 valence electrons. The van der Waals surface area contributed by atoms with E-state index in [2.05, 4.69) is 21.7 Å². The van der Waals surface area contributed by atoms with Gasteiger partial charge in [0.1, 0.15) is 11.1 Å². The van der Waals surface area contributed by atoms with E-state index in [4.69, 9.17) is 16.3 Å². The Morgan fingerprint density at radius 2 is 1.88 bits per heavy atom. The number of urea groups is 1. The van der Waals surface area contributed by atoms with Crippen LogP contribution in [0, 0.1) is 18.3 Å². The highest BCUT2D eigenvalue weighted by atomic mass is 35.5. The van der Waals surface area contributed by atoms with Gasteiger partial charge in [-0.25, -0.2) is 14.6 Å². The number of esters is 1. The van der Waals surface area contributed by atoms with Crippen LogP contribution >= 0.6 is 23.4 Å². The Hall–Kier alpha value is -3.54. The van der Waals surface area contributed by atoms with Crippen LogP contribution in [0.3, 0.4) is 0 Å². The smallest absolute Gasteiger partial charge is 0.339 e. The molecule has 0 aliphatic carbocycles. The number of carbonyl (C=O) groups excluding carboxylic acids is 2. The molecule has 2 N–H and O–H groups in total. The number of hydrogen-bond acceptors (Lipinski definition) is 6. The molecule has 2 amide bonds. The standard InChI is InChI=1S/C23H19ClN4O3S/c1-3-31-22(29)17-12-14(2)26-21(18(17)13-25)32-20-7-5-4-6-19(20)28-23(30)27-16-10-8-15(24)9-11-16/h4-12H,3H2,1-2H3,(H2,27,28,30). The third-order valence-corrected chi connectivity index (χ3v) is 5.48. The van der Waals surface area contributed by atoms with E-state index in [1.165, 1.54) is 17.8 Å². The van der Waals surface area contributed by atoms with Crippen molar-refractivity contribution in [2.45, 2.75) is 23.8 Å². The van der Waals surface area contributed by atoms with E-state index < -0.39 is 12.0 Å². The Balaban J connectivity index is 1.86. The molecule has 3 rings (SSSR count). The summed E-state index contributed by atoms with van der Waals surface area (Å²) < 4.78 is 5.07. The van der Waals surface area contributed by atoms with E-state index in [0.717, 1.165) is 0 Å². The average Bonchev–Trinajstić information content (AvgIpc) is 2.76. The number of hydrogen-bond donors (Lipinski definition) is 2. The predicted octanol–water partition coefficient (Wildman–Crippen LogP) is 5.89. The highest BCUT2D eigenvalue weighted by Gasteiger charge is 2.20. The van der Waals surface area contributed by atoms with Crippen LogP contribution < -0.4 is 10.6 Å². The number of aryl methyl sites for hydroxylation is 1. The zero-order valence-electron chi connectivity index (χ0n) is 17.3. The summed E-state index contributed by atoms with van der Waals surface area (Å²) in [6.07, 6.45) is 0. The number of para-hydroxylation sites is 1. The van der Waals surface area contributed by atoms with Crippen molar-refractivity contribution in [1.29, 1.82) is 5.26 Å². The Kier molecular flexibility index (Phi) is 7.71. The molecule has 32 heavy (non-hydrogen) atoms. The second-order valence-electron chi connectivity index (χ2n) is 6.51. The minimum Gasteiger partial charge on any atom is -0.462 e. The SMILES string of the molecule is CCOC(=O)c1cc(C)nc(Sc2ccccc2NC(=O)Nc2ccc(Cl)cc2)c1C#N. The molecule has 7 nitrogen and oxygen atoms in total. The fraction of sp³-hybridized carbons (Fsp3) is 0.130. The Labute approximate surface area is 194 Å². The zero-order valence-corrected chi connectivity index (χ0v) is 18.9. The maximum atomic E-state index is 12.5. The van der Waals surface area contributed by atoms with Crippen LogP contribution in [-0.2, 0) is 4.74 Å². The molecule has 0 fully saturated rings. The van der Waals surface area contributed by atoms with Gasteiger partial charge in [-0.1, -0.05) is 35.5 Å². The van der Waals surface area contributed by atoms with Gasteiger partial charge < -0.3 is 15.4 Å². The molecule has 9 heteroatoms.